The van der Waals surface area contributed by atoms with E-state index in [2.05, 4.69) is 74.1 Å². The Labute approximate surface area is 137 Å². The quantitative estimate of drug-likeness (QED) is 0.514. The summed E-state index contributed by atoms with van der Waals surface area (Å²) in [5.74, 6) is 0. The van der Waals surface area contributed by atoms with Crippen LogP contribution in [-0.4, -0.2) is 25.6 Å². The van der Waals surface area contributed by atoms with Gasteiger partial charge in [0.1, 0.15) is 0 Å². The second-order valence-corrected chi connectivity index (χ2v) is 13.0. The molecular formula is C20H31NSi. The number of rotatable bonds is 5. The van der Waals surface area contributed by atoms with Crippen molar-refractivity contribution in [3.63, 3.8) is 0 Å². The molecule has 1 aromatic carbocycles. The van der Waals surface area contributed by atoms with Crippen molar-refractivity contribution in [2.75, 3.05) is 6.54 Å². The third-order valence-electron chi connectivity index (χ3n) is 4.92. The zero-order valence-corrected chi connectivity index (χ0v) is 15.7. The van der Waals surface area contributed by atoms with Crippen molar-refractivity contribution in [2.45, 2.75) is 64.0 Å². The van der Waals surface area contributed by atoms with Crippen LogP contribution >= 0.6 is 0 Å². The van der Waals surface area contributed by atoms with Gasteiger partial charge in [0.2, 0.25) is 0 Å². The molecule has 1 aliphatic heterocycles. The van der Waals surface area contributed by atoms with Crippen LogP contribution < -0.4 is 0 Å². The summed E-state index contributed by atoms with van der Waals surface area (Å²) in [6.45, 7) is 16.1. The highest BCUT2D eigenvalue weighted by Gasteiger charge is 2.39. The molecule has 0 N–H and O–H groups in total. The summed E-state index contributed by atoms with van der Waals surface area (Å²) in [7, 11) is -1.20. The van der Waals surface area contributed by atoms with Crippen molar-refractivity contribution in [2.24, 2.45) is 0 Å². The van der Waals surface area contributed by atoms with E-state index in [9.17, 15) is 0 Å². The third kappa shape index (κ3) is 4.01. The second kappa shape index (κ2) is 7.46. The number of hydrogen-bond donors (Lipinski definition) is 0. The molecular weight excluding hydrogens is 282 g/mol. The van der Waals surface area contributed by atoms with E-state index >= 15 is 0 Å². The van der Waals surface area contributed by atoms with E-state index in [0.29, 0.717) is 6.04 Å². The van der Waals surface area contributed by atoms with Gasteiger partial charge in [0, 0.05) is 12.6 Å². The van der Waals surface area contributed by atoms with E-state index in [1.54, 1.807) is 0 Å². The minimum Gasteiger partial charge on any atom is -0.292 e. The molecule has 1 aliphatic rings. The first-order chi connectivity index (χ1) is 10.5. The van der Waals surface area contributed by atoms with Crippen molar-refractivity contribution in [1.82, 2.24) is 4.90 Å². The van der Waals surface area contributed by atoms with Crippen molar-refractivity contribution >= 4 is 8.07 Å². The Morgan fingerprint density at radius 1 is 1.23 bits per heavy atom. The van der Waals surface area contributed by atoms with Gasteiger partial charge >= 0.3 is 0 Å². The lowest BCUT2D eigenvalue weighted by atomic mass is 9.91. The number of benzene rings is 1. The molecule has 2 rings (SSSR count). The highest BCUT2D eigenvalue weighted by atomic mass is 28.3. The Kier molecular flexibility index (Phi) is 5.85. The van der Waals surface area contributed by atoms with Crippen LogP contribution in [0.15, 0.2) is 48.2 Å². The molecule has 0 bridgehead atoms. The smallest absolute Gasteiger partial charge is 0.0526 e. The number of piperidine rings is 1. The minimum atomic E-state index is -1.20. The highest BCUT2D eigenvalue weighted by Crippen LogP contribution is 2.41. The van der Waals surface area contributed by atoms with Gasteiger partial charge in [-0.25, -0.2) is 0 Å². The fraction of sp³-hybridized carbons (Fsp3) is 0.550. The van der Waals surface area contributed by atoms with Gasteiger partial charge in [0.15, 0.2) is 0 Å². The Balaban J connectivity index is 2.23. The van der Waals surface area contributed by atoms with Crippen molar-refractivity contribution in [3.8, 4) is 0 Å². The van der Waals surface area contributed by atoms with Gasteiger partial charge in [-0.3, -0.25) is 4.90 Å². The summed E-state index contributed by atoms with van der Waals surface area (Å²) in [6, 6.07) is 11.4. The maximum atomic E-state index is 4.06. The molecule has 1 heterocycles. The van der Waals surface area contributed by atoms with E-state index in [1.807, 2.05) is 0 Å². The molecule has 1 aromatic rings. The zero-order chi connectivity index (χ0) is 16.2. The highest BCUT2D eigenvalue weighted by molar-refractivity contribution is 6.78. The summed E-state index contributed by atoms with van der Waals surface area (Å²) in [6.07, 6.45) is 3.73. The normalized spacial score (nSPS) is 23.4. The van der Waals surface area contributed by atoms with E-state index < -0.39 is 8.07 Å². The number of nitrogens with zero attached hydrogens (tertiary/aromatic N) is 1. The molecule has 0 radical (unpaired) electrons. The summed E-state index contributed by atoms with van der Waals surface area (Å²) in [5, 5.41) is 0. The third-order valence-corrected chi connectivity index (χ3v) is 7.61. The van der Waals surface area contributed by atoms with Gasteiger partial charge in [-0.2, -0.15) is 0 Å². The average molecular weight is 314 g/mol. The van der Waals surface area contributed by atoms with Crippen LogP contribution in [0.1, 0.15) is 31.7 Å². The fourth-order valence-corrected chi connectivity index (χ4v) is 6.02. The predicted molar refractivity (Wildman–Crippen MR) is 99.9 cm³/mol. The van der Waals surface area contributed by atoms with E-state index in [0.717, 1.165) is 12.1 Å². The summed E-state index contributed by atoms with van der Waals surface area (Å²) >= 11 is 0. The van der Waals surface area contributed by atoms with Crippen LogP contribution in [0.4, 0.5) is 0 Å². The second-order valence-electron chi connectivity index (χ2n) is 7.60. The van der Waals surface area contributed by atoms with Crippen LogP contribution in [0.2, 0.25) is 25.2 Å². The Bertz CT molecular complexity index is 522. The molecule has 2 atom stereocenters. The van der Waals surface area contributed by atoms with Gasteiger partial charge in [0.25, 0.3) is 0 Å². The Hall–Kier alpha value is -1.08. The fourth-order valence-electron chi connectivity index (χ4n) is 3.79. The van der Waals surface area contributed by atoms with Crippen molar-refractivity contribution in [1.29, 1.82) is 0 Å². The van der Waals surface area contributed by atoms with Gasteiger partial charge in [0.05, 0.1) is 8.07 Å². The maximum Gasteiger partial charge on any atom is 0.0526 e. The first kappa shape index (κ1) is 17.3. The Morgan fingerprint density at radius 3 is 2.45 bits per heavy atom. The van der Waals surface area contributed by atoms with Gasteiger partial charge in [-0.05, 0) is 36.1 Å². The van der Waals surface area contributed by atoms with Crippen LogP contribution in [0.3, 0.4) is 0 Å². The van der Waals surface area contributed by atoms with Crippen LogP contribution in [-0.2, 0) is 6.54 Å². The largest absolute Gasteiger partial charge is 0.292 e. The first-order valence-corrected chi connectivity index (χ1v) is 12.2. The monoisotopic (exact) mass is 313 g/mol. The van der Waals surface area contributed by atoms with E-state index in [-0.39, 0.29) is 0 Å². The lowest BCUT2D eigenvalue weighted by Gasteiger charge is -2.45. The SMILES string of the molecule is C=C=C1C(CCC)N(Cc2ccccc2)CCC1[Si](C)(C)C. The molecule has 22 heavy (non-hydrogen) atoms. The maximum absolute atomic E-state index is 4.06. The molecule has 0 spiro atoms. The molecule has 0 saturated carbocycles. The molecule has 2 heteroatoms. The molecule has 0 aromatic heterocycles. The topological polar surface area (TPSA) is 3.24 Å². The van der Waals surface area contributed by atoms with Gasteiger partial charge in [-0.1, -0.05) is 69.9 Å². The summed E-state index contributed by atoms with van der Waals surface area (Å²) in [5.41, 5.74) is 7.03. The molecule has 0 aliphatic carbocycles. The standard InChI is InChI=1S/C20H31NSi/c1-6-11-19-18(7-2)20(22(3,4)5)14-15-21(19)16-17-12-9-8-10-13-17/h8-10,12-13,19-20H,2,6,11,14-16H2,1,3-5H3. The molecule has 1 nitrogen and oxygen atoms in total. The number of likely N-dealkylation sites (tertiary alicyclic amines) is 1. The average Bonchev–Trinajstić information content (AvgIpc) is 2.48. The lowest BCUT2D eigenvalue weighted by Crippen LogP contribution is -2.47. The lowest BCUT2D eigenvalue weighted by molar-refractivity contribution is 0.172. The van der Waals surface area contributed by atoms with Crippen LogP contribution in [0, 0.1) is 0 Å². The van der Waals surface area contributed by atoms with E-state index in [4.69, 9.17) is 0 Å². The van der Waals surface area contributed by atoms with Crippen molar-refractivity contribution in [3.05, 3.63) is 53.8 Å². The molecule has 0 amide bonds. The van der Waals surface area contributed by atoms with E-state index in [1.165, 1.54) is 36.9 Å². The predicted octanol–water partition coefficient (Wildman–Crippen LogP) is 5.48. The van der Waals surface area contributed by atoms with Gasteiger partial charge < -0.3 is 0 Å². The molecule has 120 valence electrons. The zero-order valence-electron chi connectivity index (χ0n) is 14.7. The molecule has 1 fully saturated rings. The van der Waals surface area contributed by atoms with Crippen LogP contribution in [0.5, 0.6) is 0 Å². The first-order valence-electron chi connectivity index (χ1n) is 8.65. The minimum absolute atomic E-state index is 0.535. The van der Waals surface area contributed by atoms with Gasteiger partial charge in [-0.15, -0.1) is 5.73 Å². The number of hydrogen-bond acceptors (Lipinski definition) is 1. The summed E-state index contributed by atoms with van der Waals surface area (Å²) < 4.78 is 0. The van der Waals surface area contributed by atoms with Crippen molar-refractivity contribution < 1.29 is 0 Å². The van der Waals surface area contributed by atoms with Crippen LogP contribution in [0.25, 0.3) is 0 Å². The Morgan fingerprint density at radius 2 is 1.91 bits per heavy atom. The molecule has 1 saturated heterocycles. The summed E-state index contributed by atoms with van der Waals surface area (Å²) in [4.78, 5) is 2.66. The molecule has 2 unspecified atom stereocenters.